The summed E-state index contributed by atoms with van der Waals surface area (Å²) in [6.45, 7) is 0.724. The van der Waals surface area contributed by atoms with Gasteiger partial charge < -0.3 is 15.5 Å². The molecule has 124 valence electrons. The number of aromatic amines is 1. The van der Waals surface area contributed by atoms with Gasteiger partial charge in [0, 0.05) is 25.3 Å². The quantitative estimate of drug-likeness (QED) is 0.313. The SMILES string of the molecule is COCCCc1ccc2nc(-c3ccc(N)c([N+](=O)[O-])c3)[nH]c2c1. The molecule has 1 heterocycles. The average molecular weight is 326 g/mol. The van der Waals surface area contributed by atoms with Crippen LogP contribution in [0.15, 0.2) is 36.4 Å². The molecule has 0 aliphatic heterocycles. The van der Waals surface area contributed by atoms with Crippen LogP contribution in [-0.4, -0.2) is 28.6 Å². The van der Waals surface area contributed by atoms with Crippen LogP contribution >= 0.6 is 0 Å². The lowest BCUT2D eigenvalue weighted by Crippen LogP contribution is -1.96. The van der Waals surface area contributed by atoms with Gasteiger partial charge in [0.25, 0.3) is 5.69 Å². The maximum absolute atomic E-state index is 11.0. The summed E-state index contributed by atoms with van der Waals surface area (Å²) in [5.41, 5.74) is 9.21. The molecule has 7 heteroatoms. The summed E-state index contributed by atoms with van der Waals surface area (Å²) in [5, 5.41) is 11.0. The molecule has 7 nitrogen and oxygen atoms in total. The van der Waals surface area contributed by atoms with Gasteiger partial charge in [-0.15, -0.1) is 0 Å². The summed E-state index contributed by atoms with van der Waals surface area (Å²) in [6, 6.07) is 10.7. The first-order chi connectivity index (χ1) is 11.6. The highest BCUT2D eigenvalue weighted by molar-refractivity contribution is 5.81. The van der Waals surface area contributed by atoms with Crippen molar-refractivity contribution in [2.45, 2.75) is 12.8 Å². The Kier molecular flexibility index (Phi) is 4.43. The van der Waals surface area contributed by atoms with Crippen molar-refractivity contribution >= 4 is 22.4 Å². The van der Waals surface area contributed by atoms with Crippen LogP contribution in [0.25, 0.3) is 22.4 Å². The van der Waals surface area contributed by atoms with Crippen molar-refractivity contribution in [1.82, 2.24) is 9.97 Å². The number of hydrogen-bond donors (Lipinski definition) is 2. The van der Waals surface area contributed by atoms with E-state index in [0.717, 1.165) is 30.5 Å². The molecule has 3 N–H and O–H groups in total. The molecule has 0 atom stereocenters. The van der Waals surface area contributed by atoms with Gasteiger partial charge in [-0.05, 0) is 42.7 Å². The predicted molar refractivity (Wildman–Crippen MR) is 92.8 cm³/mol. The first-order valence-corrected chi connectivity index (χ1v) is 7.60. The lowest BCUT2D eigenvalue weighted by atomic mass is 10.1. The summed E-state index contributed by atoms with van der Waals surface area (Å²) < 4.78 is 5.07. The Morgan fingerprint density at radius 1 is 1.29 bits per heavy atom. The van der Waals surface area contributed by atoms with Gasteiger partial charge in [-0.25, -0.2) is 4.98 Å². The van der Waals surface area contributed by atoms with E-state index < -0.39 is 4.92 Å². The van der Waals surface area contributed by atoms with Crippen molar-refractivity contribution in [3.63, 3.8) is 0 Å². The van der Waals surface area contributed by atoms with E-state index in [1.54, 1.807) is 13.2 Å². The molecule has 0 spiro atoms. The van der Waals surface area contributed by atoms with Crippen molar-refractivity contribution < 1.29 is 9.66 Å². The number of aryl methyl sites for hydroxylation is 1. The Balaban J connectivity index is 1.93. The van der Waals surface area contributed by atoms with Gasteiger partial charge in [0.1, 0.15) is 11.5 Å². The first kappa shape index (κ1) is 15.9. The van der Waals surface area contributed by atoms with Crippen molar-refractivity contribution in [2.24, 2.45) is 0 Å². The average Bonchev–Trinajstić information content (AvgIpc) is 2.98. The molecule has 3 aromatic rings. The number of nitro benzene ring substituents is 1. The van der Waals surface area contributed by atoms with E-state index in [2.05, 4.69) is 9.97 Å². The van der Waals surface area contributed by atoms with E-state index in [-0.39, 0.29) is 11.4 Å². The van der Waals surface area contributed by atoms with Gasteiger partial charge in [-0.1, -0.05) is 6.07 Å². The molecule has 0 amide bonds. The van der Waals surface area contributed by atoms with E-state index >= 15 is 0 Å². The molecular formula is C17H18N4O3. The highest BCUT2D eigenvalue weighted by atomic mass is 16.6. The number of aromatic nitrogens is 2. The molecule has 0 fully saturated rings. The third kappa shape index (κ3) is 3.21. The Bertz CT molecular complexity index is 889. The van der Waals surface area contributed by atoms with Crippen LogP contribution in [0.3, 0.4) is 0 Å². The summed E-state index contributed by atoms with van der Waals surface area (Å²) in [5.74, 6) is 0.585. The number of nitrogens with two attached hydrogens (primary N) is 1. The number of imidazole rings is 1. The third-order valence-corrected chi connectivity index (χ3v) is 3.86. The minimum atomic E-state index is -0.491. The first-order valence-electron chi connectivity index (χ1n) is 7.60. The van der Waals surface area contributed by atoms with E-state index in [4.69, 9.17) is 10.5 Å². The van der Waals surface area contributed by atoms with E-state index in [0.29, 0.717) is 11.4 Å². The maximum Gasteiger partial charge on any atom is 0.292 e. The molecule has 0 unspecified atom stereocenters. The number of hydrogen-bond acceptors (Lipinski definition) is 5. The van der Waals surface area contributed by atoms with Crippen LogP contribution in [0, 0.1) is 10.1 Å². The van der Waals surface area contributed by atoms with E-state index in [1.807, 2.05) is 18.2 Å². The van der Waals surface area contributed by atoms with Crippen molar-refractivity contribution in [3.05, 3.63) is 52.1 Å². The number of rotatable bonds is 6. The van der Waals surface area contributed by atoms with Crippen LogP contribution in [0.2, 0.25) is 0 Å². The van der Waals surface area contributed by atoms with Crippen molar-refractivity contribution in [3.8, 4) is 11.4 Å². The predicted octanol–water partition coefficient (Wildman–Crippen LogP) is 3.30. The van der Waals surface area contributed by atoms with Crippen molar-refractivity contribution in [1.29, 1.82) is 0 Å². The molecule has 0 aliphatic rings. The molecule has 0 saturated heterocycles. The highest BCUT2D eigenvalue weighted by Gasteiger charge is 2.14. The topological polar surface area (TPSA) is 107 Å². The molecular weight excluding hydrogens is 308 g/mol. The van der Waals surface area contributed by atoms with E-state index in [1.165, 1.54) is 17.7 Å². The van der Waals surface area contributed by atoms with Gasteiger partial charge in [0.15, 0.2) is 0 Å². The van der Waals surface area contributed by atoms with Crippen LogP contribution in [0.5, 0.6) is 0 Å². The van der Waals surface area contributed by atoms with E-state index in [9.17, 15) is 10.1 Å². The number of anilines is 1. The normalized spacial score (nSPS) is 11.0. The largest absolute Gasteiger partial charge is 0.393 e. The fraction of sp³-hybridized carbons (Fsp3) is 0.235. The fourth-order valence-electron chi connectivity index (χ4n) is 2.62. The zero-order chi connectivity index (χ0) is 17.1. The molecule has 0 radical (unpaired) electrons. The molecule has 24 heavy (non-hydrogen) atoms. The summed E-state index contributed by atoms with van der Waals surface area (Å²) in [7, 11) is 1.69. The summed E-state index contributed by atoms with van der Waals surface area (Å²) in [6.07, 6.45) is 1.87. The fourth-order valence-corrected chi connectivity index (χ4v) is 2.62. The Hall–Kier alpha value is -2.93. The number of nitrogens with zero attached hydrogens (tertiary/aromatic N) is 2. The van der Waals surface area contributed by atoms with Crippen LogP contribution in [0.1, 0.15) is 12.0 Å². The number of fused-ring (bicyclic) bond motifs is 1. The number of ether oxygens (including phenoxy) is 1. The smallest absolute Gasteiger partial charge is 0.292 e. The second-order valence-corrected chi connectivity index (χ2v) is 5.56. The monoisotopic (exact) mass is 326 g/mol. The standard InChI is InChI=1S/C17H18N4O3/c1-24-8-2-3-11-4-7-14-15(9-11)20-17(19-14)12-5-6-13(18)16(10-12)21(22)23/h4-7,9-10H,2-3,8,18H2,1H3,(H,19,20). The molecule has 0 aliphatic carbocycles. The Morgan fingerprint density at radius 2 is 2.12 bits per heavy atom. The molecule has 0 bridgehead atoms. The number of benzene rings is 2. The molecule has 0 saturated carbocycles. The summed E-state index contributed by atoms with van der Waals surface area (Å²) in [4.78, 5) is 18.3. The summed E-state index contributed by atoms with van der Waals surface area (Å²) >= 11 is 0. The Morgan fingerprint density at radius 3 is 2.88 bits per heavy atom. The van der Waals surface area contributed by atoms with Gasteiger partial charge in [0.05, 0.1) is 16.0 Å². The second-order valence-electron chi connectivity index (χ2n) is 5.56. The zero-order valence-corrected chi connectivity index (χ0v) is 13.3. The minimum absolute atomic E-state index is 0.117. The van der Waals surface area contributed by atoms with Crippen LogP contribution < -0.4 is 5.73 Å². The van der Waals surface area contributed by atoms with Gasteiger partial charge >= 0.3 is 0 Å². The number of nitro groups is 1. The van der Waals surface area contributed by atoms with Gasteiger partial charge in [-0.2, -0.15) is 0 Å². The van der Waals surface area contributed by atoms with Crippen LogP contribution in [0.4, 0.5) is 11.4 Å². The lowest BCUT2D eigenvalue weighted by Gasteiger charge is -2.00. The maximum atomic E-state index is 11.0. The number of H-pyrrole nitrogens is 1. The van der Waals surface area contributed by atoms with Gasteiger partial charge in [-0.3, -0.25) is 10.1 Å². The third-order valence-electron chi connectivity index (χ3n) is 3.86. The molecule has 1 aromatic heterocycles. The second kappa shape index (κ2) is 6.67. The minimum Gasteiger partial charge on any atom is -0.393 e. The Labute approximate surface area is 138 Å². The number of nitrogen functional groups attached to an aromatic ring is 1. The van der Waals surface area contributed by atoms with Gasteiger partial charge in [0.2, 0.25) is 0 Å². The zero-order valence-electron chi connectivity index (χ0n) is 13.3. The number of methoxy groups -OCH3 is 1. The highest BCUT2D eigenvalue weighted by Crippen LogP contribution is 2.28. The molecule has 3 rings (SSSR count). The lowest BCUT2D eigenvalue weighted by molar-refractivity contribution is -0.383. The van der Waals surface area contributed by atoms with Crippen molar-refractivity contribution in [2.75, 3.05) is 19.5 Å². The molecule has 2 aromatic carbocycles. The number of nitrogens with one attached hydrogen (secondary N) is 1. The van der Waals surface area contributed by atoms with Crippen LogP contribution in [-0.2, 0) is 11.2 Å².